The van der Waals surface area contributed by atoms with E-state index < -0.39 is 5.82 Å². The van der Waals surface area contributed by atoms with Crippen LogP contribution >= 0.6 is 11.6 Å². The number of benzene rings is 1. The molecule has 1 aromatic carbocycles. The molecule has 0 aliphatic heterocycles. The topological polar surface area (TPSA) is 38.4 Å². The normalized spacial score (nSPS) is 13.7. The molecule has 0 fully saturated rings. The van der Waals surface area contributed by atoms with Gasteiger partial charge in [-0.25, -0.2) is 4.39 Å². The van der Waals surface area contributed by atoms with Gasteiger partial charge < -0.3 is 5.73 Å². The van der Waals surface area contributed by atoms with Gasteiger partial charge in [0.05, 0.1) is 16.4 Å². The Kier molecular flexibility index (Phi) is 3.86. The molecule has 0 atom stereocenters. The Labute approximate surface area is 93.3 Å². The second kappa shape index (κ2) is 4.94. The predicted octanol–water partition coefficient (Wildman–Crippen LogP) is 2.78. The Morgan fingerprint density at radius 3 is 2.53 bits per heavy atom. The zero-order valence-corrected chi connectivity index (χ0v) is 9.35. The minimum atomic E-state index is -0.392. The predicted molar refractivity (Wildman–Crippen MR) is 62.4 cm³/mol. The molecule has 15 heavy (non-hydrogen) atoms. The van der Waals surface area contributed by atoms with Crippen molar-refractivity contribution in [2.45, 2.75) is 6.92 Å². The smallest absolute Gasteiger partial charge is 0.132 e. The average Bonchev–Trinajstić information content (AvgIpc) is 2.26. The van der Waals surface area contributed by atoms with Gasteiger partial charge in [-0.2, -0.15) is 0 Å². The van der Waals surface area contributed by atoms with Crippen LogP contribution in [-0.2, 0) is 0 Å². The highest BCUT2D eigenvalue weighted by molar-refractivity contribution is 6.46. The summed E-state index contributed by atoms with van der Waals surface area (Å²) in [6.07, 6.45) is 0. The standard InChI is InChI=1S/C11H12ClFN2/c1-7(15-2)10(12)11(14)8-5-3-4-6-9(8)13/h3-6H,14H2,1-2H3. The number of allylic oxidation sites excluding steroid dienone is 1. The van der Waals surface area contributed by atoms with Crippen LogP contribution in [0.15, 0.2) is 34.3 Å². The van der Waals surface area contributed by atoms with E-state index in [1.165, 1.54) is 6.07 Å². The number of rotatable bonds is 2. The molecular weight excluding hydrogens is 215 g/mol. The van der Waals surface area contributed by atoms with Gasteiger partial charge in [-0.3, -0.25) is 4.99 Å². The monoisotopic (exact) mass is 226 g/mol. The van der Waals surface area contributed by atoms with Gasteiger partial charge in [0.25, 0.3) is 0 Å². The van der Waals surface area contributed by atoms with Crippen molar-refractivity contribution in [3.05, 3.63) is 40.7 Å². The van der Waals surface area contributed by atoms with Gasteiger partial charge in [0, 0.05) is 12.6 Å². The molecule has 4 heteroatoms. The first kappa shape index (κ1) is 11.7. The van der Waals surface area contributed by atoms with Crippen molar-refractivity contribution in [2.24, 2.45) is 10.7 Å². The van der Waals surface area contributed by atoms with E-state index in [1.54, 1.807) is 32.2 Å². The molecule has 0 aliphatic rings. The number of hydrogen-bond donors (Lipinski definition) is 1. The molecular formula is C11H12ClFN2. The van der Waals surface area contributed by atoms with Gasteiger partial charge in [-0.15, -0.1) is 0 Å². The van der Waals surface area contributed by atoms with E-state index >= 15 is 0 Å². The lowest BCUT2D eigenvalue weighted by Gasteiger charge is -2.06. The summed E-state index contributed by atoms with van der Waals surface area (Å²) < 4.78 is 13.4. The Bertz CT molecular complexity index is 424. The van der Waals surface area contributed by atoms with E-state index in [2.05, 4.69) is 4.99 Å². The Balaban J connectivity index is 3.25. The van der Waals surface area contributed by atoms with E-state index in [9.17, 15) is 4.39 Å². The van der Waals surface area contributed by atoms with Crippen molar-refractivity contribution in [1.29, 1.82) is 0 Å². The summed E-state index contributed by atoms with van der Waals surface area (Å²) in [6.45, 7) is 1.72. The fraction of sp³-hybridized carbons (Fsp3) is 0.182. The van der Waals surface area contributed by atoms with E-state index in [0.717, 1.165) is 0 Å². The maximum Gasteiger partial charge on any atom is 0.132 e. The van der Waals surface area contributed by atoms with E-state index in [-0.39, 0.29) is 10.7 Å². The van der Waals surface area contributed by atoms with Gasteiger partial charge in [0.1, 0.15) is 5.82 Å². The molecule has 0 saturated heterocycles. The molecule has 1 aromatic rings. The molecule has 80 valence electrons. The van der Waals surface area contributed by atoms with Crippen molar-refractivity contribution >= 4 is 23.0 Å². The van der Waals surface area contributed by atoms with Crippen LogP contribution in [0.25, 0.3) is 5.70 Å². The van der Waals surface area contributed by atoms with Crippen LogP contribution in [0.5, 0.6) is 0 Å². The van der Waals surface area contributed by atoms with Crippen LogP contribution in [0.1, 0.15) is 12.5 Å². The fourth-order valence-corrected chi connectivity index (χ4v) is 1.28. The van der Waals surface area contributed by atoms with Crippen LogP contribution < -0.4 is 5.73 Å². The second-order valence-corrected chi connectivity index (χ2v) is 3.39. The maximum atomic E-state index is 13.4. The van der Waals surface area contributed by atoms with Crippen LogP contribution in [0.2, 0.25) is 0 Å². The van der Waals surface area contributed by atoms with Gasteiger partial charge in [-0.05, 0) is 19.1 Å². The van der Waals surface area contributed by atoms with Crippen molar-refractivity contribution in [3.8, 4) is 0 Å². The summed E-state index contributed by atoms with van der Waals surface area (Å²) >= 11 is 5.95. The van der Waals surface area contributed by atoms with Crippen molar-refractivity contribution in [1.82, 2.24) is 0 Å². The van der Waals surface area contributed by atoms with Gasteiger partial charge in [0.15, 0.2) is 0 Å². The van der Waals surface area contributed by atoms with Crippen LogP contribution in [0.4, 0.5) is 4.39 Å². The first-order valence-corrected chi connectivity index (χ1v) is 4.79. The third-order valence-electron chi connectivity index (χ3n) is 2.05. The maximum absolute atomic E-state index is 13.4. The number of nitrogens with two attached hydrogens (primary N) is 1. The molecule has 2 nitrogen and oxygen atoms in total. The van der Waals surface area contributed by atoms with Crippen molar-refractivity contribution < 1.29 is 4.39 Å². The third kappa shape index (κ3) is 2.57. The fourth-order valence-electron chi connectivity index (χ4n) is 1.09. The zero-order chi connectivity index (χ0) is 11.4. The molecule has 0 aliphatic carbocycles. The quantitative estimate of drug-likeness (QED) is 0.774. The van der Waals surface area contributed by atoms with Gasteiger partial charge in [0.2, 0.25) is 0 Å². The average molecular weight is 227 g/mol. The summed E-state index contributed by atoms with van der Waals surface area (Å²) in [4.78, 5) is 3.89. The summed E-state index contributed by atoms with van der Waals surface area (Å²) in [5.74, 6) is -0.392. The molecule has 0 bridgehead atoms. The summed E-state index contributed by atoms with van der Waals surface area (Å²) in [6, 6.07) is 6.22. The third-order valence-corrected chi connectivity index (χ3v) is 2.53. The molecule has 0 saturated carbocycles. The highest BCUT2D eigenvalue weighted by Crippen LogP contribution is 2.20. The number of aliphatic imine (C=N–C) groups is 1. The summed E-state index contributed by atoms with van der Waals surface area (Å²) in [5.41, 5.74) is 6.83. The van der Waals surface area contributed by atoms with Gasteiger partial charge >= 0.3 is 0 Å². The highest BCUT2D eigenvalue weighted by atomic mass is 35.5. The Hall–Kier alpha value is -1.35. The lowest BCUT2D eigenvalue weighted by atomic mass is 10.1. The first-order valence-electron chi connectivity index (χ1n) is 4.41. The van der Waals surface area contributed by atoms with Crippen molar-refractivity contribution in [3.63, 3.8) is 0 Å². The zero-order valence-electron chi connectivity index (χ0n) is 8.59. The van der Waals surface area contributed by atoms with Gasteiger partial charge in [-0.1, -0.05) is 23.7 Å². The number of hydrogen-bond acceptors (Lipinski definition) is 2. The SMILES string of the molecule is CN=C(C)C(Cl)=C(N)c1ccccc1F. The van der Waals surface area contributed by atoms with Crippen molar-refractivity contribution in [2.75, 3.05) is 7.05 Å². The largest absolute Gasteiger partial charge is 0.397 e. The molecule has 0 spiro atoms. The molecule has 0 aromatic heterocycles. The number of nitrogens with zero attached hydrogens (tertiary/aromatic N) is 1. The lowest BCUT2D eigenvalue weighted by molar-refractivity contribution is 0.623. The van der Waals surface area contributed by atoms with E-state index in [4.69, 9.17) is 17.3 Å². The summed E-state index contributed by atoms with van der Waals surface area (Å²) in [5, 5.41) is 0.280. The molecule has 0 radical (unpaired) electrons. The molecule has 2 N–H and O–H groups in total. The van der Waals surface area contributed by atoms with Crippen LogP contribution in [-0.4, -0.2) is 12.8 Å². The minimum Gasteiger partial charge on any atom is -0.397 e. The summed E-state index contributed by atoms with van der Waals surface area (Å²) in [7, 11) is 1.60. The Morgan fingerprint density at radius 1 is 1.40 bits per heavy atom. The van der Waals surface area contributed by atoms with E-state index in [1.807, 2.05) is 0 Å². The van der Waals surface area contributed by atoms with Crippen LogP contribution in [0, 0.1) is 5.82 Å². The van der Waals surface area contributed by atoms with E-state index in [0.29, 0.717) is 11.3 Å². The molecule has 0 unspecified atom stereocenters. The second-order valence-electron chi connectivity index (χ2n) is 3.02. The Morgan fingerprint density at radius 2 is 2.00 bits per heavy atom. The highest BCUT2D eigenvalue weighted by Gasteiger charge is 2.09. The van der Waals surface area contributed by atoms with Crippen LogP contribution in [0.3, 0.4) is 0 Å². The number of halogens is 2. The lowest BCUT2D eigenvalue weighted by Crippen LogP contribution is -2.05. The first-order chi connectivity index (χ1) is 7.07. The molecule has 0 amide bonds. The molecule has 1 rings (SSSR count). The molecule has 0 heterocycles. The minimum absolute atomic E-state index is 0.206.